The van der Waals surface area contributed by atoms with Crippen LogP contribution in [0.25, 0.3) is 0 Å². The van der Waals surface area contributed by atoms with Gasteiger partial charge in [-0.15, -0.1) is 0 Å². The third-order valence-corrected chi connectivity index (χ3v) is 3.97. The molecule has 0 spiro atoms. The van der Waals surface area contributed by atoms with E-state index in [2.05, 4.69) is 20.2 Å². The number of hydrogen-bond acceptors (Lipinski definition) is 6. The normalized spacial score (nSPS) is 14.8. The van der Waals surface area contributed by atoms with Crippen LogP contribution in [0.3, 0.4) is 0 Å². The number of amides is 2. The van der Waals surface area contributed by atoms with Crippen LogP contribution in [0.15, 0.2) is 12.4 Å². The molecule has 2 heterocycles. The van der Waals surface area contributed by atoms with Gasteiger partial charge in [-0.2, -0.15) is 0 Å². The van der Waals surface area contributed by atoms with Crippen LogP contribution in [0.1, 0.15) is 23.8 Å². The summed E-state index contributed by atoms with van der Waals surface area (Å²) in [4.78, 5) is 37.8. The lowest BCUT2D eigenvalue weighted by atomic mass is 10.3. The number of aromatic nitrogens is 2. The standard InChI is InChI=1S/C16H26N6O2/c1-13(23)21-7-9-22(10-8-21)16(24)14-11-19-15(12-18-14)17-5-4-6-20(2)3/h11-12H,4-10H2,1-3H3,(H,17,19). The Hall–Kier alpha value is -2.22. The maximum absolute atomic E-state index is 12.4. The fourth-order valence-corrected chi connectivity index (χ4v) is 2.53. The van der Waals surface area contributed by atoms with Gasteiger partial charge in [-0.25, -0.2) is 9.97 Å². The lowest BCUT2D eigenvalue weighted by Crippen LogP contribution is -2.50. The fourth-order valence-electron chi connectivity index (χ4n) is 2.53. The molecule has 1 aromatic heterocycles. The van der Waals surface area contributed by atoms with Gasteiger partial charge in [0.25, 0.3) is 5.91 Å². The van der Waals surface area contributed by atoms with Crippen LogP contribution in [0.2, 0.25) is 0 Å². The highest BCUT2D eigenvalue weighted by Crippen LogP contribution is 2.08. The highest BCUT2D eigenvalue weighted by Gasteiger charge is 2.24. The van der Waals surface area contributed by atoms with E-state index in [4.69, 9.17) is 0 Å². The van der Waals surface area contributed by atoms with Gasteiger partial charge in [-0.3, -0.25) is 9.59 Å². The molecule has 0 saturated carbocycles. The molecule has 1 fully saturated rings. The van der Waals surface area contributed by atoms with Crippen molar-refractivity contribution in [3.63, 3.8) is 0 Å². The van der Waals surface area contributed by atoms with Gasteiger partial charge in [0.2, 0.25) is 5.91 Å². The number of carbonyl (C=O) groups is 2. The zero-order valence-electron chi connectivity index (χ0n) is 14.7. The number of hydrogen-bond donors (Lipinski definition) is 1. The van der Waals surface area contributed by atoms with Gasteiger partial charge >= 0.3 is 0 Å². The molecule has 1 aliphatic heterocycles. The summed E-state index contributed by atoms with van der Waals surface area (Å²) in [7, 11) is 4.08. The SMILES string of the molecule is CC(=O)N1CCN(C(=O)c2cnc(NCCCN(C)C)cn2)CC1. The van der Waals surface area contributed by atoms with Crippen molar-refractivity contribution in [3.05, 3.63) is 18.1 Å². The van der Waals surface area contributed by atoms with Crippen LogP contribution < -0.4 is 5.32 Å². The molecule has 24 heavy (non-hydrogen) atoms. The van der Waals surface area contributed by atoms with Crippen LogP contribution >= 0.6 is 0 Å². The van der Waals surface area contributed by atoms with Crippen LogP contribution in [-0.2, 0) is 4.79 Å². The van der Waals surface area contributed by atoms with Crippen LogP contribution in [0.5, 0.6) is 0 Å². The first kappa shape index (κ1) is 18.1. The highest BCUT2D eigenvalue weighted by atomic mass is 16.2. The Morgan fingerprint density at radius 1 is 1.12 bits per heavy atom. The molecule has 8 nitrogen and oxygen atoms in total. The predicted octanol–water partition coefficient (Wildman–Crippen LogP) is 0.145. The first-order valence-electron chi connectivity index (χ1n) is 8.23. The Bertz CT molecular complexity index is 552. The average molecular weight is 334 g/mol. The van der Waals surface area contributed by atoms with E-state index in [9.17, 15) is 9.59 Å². The summed E-state index contributed by atoms with van der Waals surface area (Å²) in [5.41, 5.74) is 0.338. The molecule has 0 atom stereocenters. The van der Waals surface area contributed by atoms with E-state index >= 15 is 0 Å². The molecule has 0 bridgehead atoms. The van der Waals surface area contributed by atoms with E-state index in [0.29, 0.717) is 37.7 Å². The quantitative estimate of drug-likeness (QED) is 0.746. The Labute approximate surface area is 142 Å². The summed E-state index contributed by atoms with van der Waals surface area (Å²) in [5.74, 6) is 0.586. The molecule has 0 aromatic carbocycles. The number of carbonyl (C=O) groups excluding carboxylic acids is 2. The van der Waals surface area contributed by atoms with Gasteiger partial charge in [0.05, 0.1) is 12.4 Å². The first-order chi connectivity index (χ1) is 11.5. The molecule has 2 amide bonds. The van der Waals surface area contributed by atoms with Crippen LogP contribution in [-0.4, -0.2) is 89.8 Å². The molecule has 0 radical (unpaired) electrons. The van der Waals surface area contributed by atoms with Gasteiger partial charge < -0.3 is 20.0 Å². The molecule has 0 aliphatic carbocycles. The maximum atomic E-state index is 12.4. The van der Waals surface area contributed by atoms with E-state index in [0.717, 1.165) is 19.5 Å². The summed E-state index contributed by atoms with van der Waals surface area (Å²) in [6.45, 7) is 5.57. The Kier molecular flexibility index (Phi) is 6.48. The maximum Gasteiger partial charge on any atom is 0.274 e. The van der Waals surface area contributed by atoms with E-state index in [1.807, 2.05) is 14.1 Å². The van der Waals surface area contributed by atoms with Crippen LogP contribution in [0, 0.1) is 0 Å². The van der Waals surface area contributed by atoms with E-state index in [1.54, 1.807) is 22.9 Å². The Morgan fingerprint density at radius 3 is 2.33 bits per heavy atom. The number of piperazine rings is 1. The summed E-state index contributed by atoms with van der Waals surface area (Å²) in [6.07, 6.45) is 4.11. The molecule has 1 saturated heterocycles. The van der Waals surface area contributed by atoms with Crippen molar-refractivity contribution in [2.75, 3.05) is 58.7 Å². The molecule has 1 aliphatic rings. The monoisotopic (exact) mass is 334 g/mol. The second-order valence-electron chi connectivity index (χ2n) is 6.17. The summed E-state index contributed by atoms with van der Waals surface area (Å²) in [5, 5.41) is 3.19. The summed E-state index contributed by atoms with van der Waals surface area (Å²) < 4.78 is 0. The minimum atomic E-state index is -0.134. The first-order valence-corrected chi connectivity index (χ1v) is 8.23. The van der Waals surface area contributed by atoms with E-state index in [1.165, 1.54) is 6.20 Å². The number of rotatable bonds is 6. The van der Waals surface area contributed by atoms with Crippen molar-refractivity contribution in [2.24, 2.45) is 0 Å². The Balaban J connectivity index is 1.82. The minimum Gasteiger partial charge on any atom is -0.369 e. The predicted molar refractivity (Wildman–Crippen MR) is 91.9 cm³/mol. The topological polar surface area (TPSA) is 81.7 Å². The summed E-state index contributed by atoms with van der Waals surface area (Å²) in [6, 6.07) is 0. The van der Waals surface area contributed by atoms with E-state index < -0.39 is 0 Å². The van der Waals surface area contributed by atoms with Crippen molar-refractivity contribution >= 4 is 17.6 Å². The van der Waals surface area contributed by atoms with Crippen molar-refractivity contribution in [3.8, 4) is 0 Å². The lowest BCUT2D eigenvalue weighted by molar-refractivity contribution is -0.130. The molecule has 8 heteroatoms. The Morgan fingerprint density at radius 2 is 1.79 bits per heavy atom. The van der Waals surface area contributed by atoms with Gasteiger partial charge in [-0.1, -0.05) is 0 Å². The van der Waals surface area contributed by atoms with Crippen molar-refractivity contribution < 1.29 is 9.59 Å². The molecular formula is C16H26N6O2. The largest absolute Gasteiger partial charge is 0.369 e. The molecule has 1 N–H and O–H groups in total. The second kappa shape index (κ2) is 8.58. The molecule has 2 rings (SSSR count). The van der Waals surface area contributed by atoms with Gasteiger partial charge in [0.15, 0.2) is 0 Å². The van der Waals surface area contributed by atoms with Crippen LogP contribution in [0.4, 0.5) is 5.82 Å². The van der Waals surface area contributed by atoms with Crippen molar-refractivity contribution in [2.45, 2.75) is 13.3 Å². The average Bonchev–Trinajstić information content (AvgIpc) is 2.58. The fraction of sp³-hybridized carbons (Fsp3) is 0.625. The highest BCUT2D eigenvalue weighted by molar-refractivity contribution is 5.92. The molecule has 1 aromatic rings. The lowest BCUT2D eigenvalue weighted by Gasteiger charge is -2.33. The second-order valence-corrected chi connectivity index (χ2v) is 6.17. The smallest absolute Gasteiger partial charge is 0.274 e. The van der Waals surface area contributed by atoms with Crippen molar-refractivity contribution in [1.29, 1.82) is 0 Å². The minimum absolute atomic E-state index is 0.0478. The van der Waals surface area contributed by atoms with Crippen molar-refractivity contribution in [1.82, 2.24) is 24.7 Å². The zero-order valence-corrected chi connectivity index (χ0v) is 14.7. The van der Waals surface area contributed by atoms with Gasteiger partial charge in [0.1, 0.15) is 11.5 Å². The molecule has 0 unspecified atom stereocenters. The number of nitrogens with zero attached hydrogens (tertiary/aromatic N) is 5. The summed E-state index contributed by atoms with van der Waals surface area (Å²) >= 11 is 0. The molecule has 132 valence electrons. The van der Waals surface area contributed by atoms with Gasteiger partial charge in [-0.05, 0) is 27.1 Å². The third kappa shape index (κ3) is 5.16. The molecular weight excluding hydrogens is 308 g/mol. The van der Waals surface area contributed by atoms with E-state index in [-0.39, 0.29) is 11.8 Å². The van der Waals surface area contributed by atoms with Gasteiger partial charge in [0, 0.05) is 39.6 Å². The number of anilines is 1. The third-order valence-electron chi connectivity index (χ3n) is 3.97. The number of nitrogens with one attached hydrogen (secondary N) is 1. The zero-order chi connectivity index (χ0) is 17.5.